The van der Waals surface area contributed by atoms with E-state index in [2.05, 4.69) is 55.1 Å². The molecule has 1 heteroatoms. The second kappa shape index (κ2) is 4.43. The third-order valence-corrected chi connectivity index (χ3v) is 3.61. The number of hydrogen-bond acceptors (Lipinski definition) is 1. The van der Waals surface area contributed by atoms with E-state index in [1.54, 1.807) is 0 Å². The Labute approximate surface area is 108 Å². The maximum absolute atomic E-state index is 5.82. The monoisotopic (exact) mass is 236 g/mol. The summed E-state index contributed by atoms with van der Waals surface area (Å²) in [7, 11) is 0. The van der Waals surface area contributed by atoms with E-state index < -0.39 is 0 Å². The molecule has 1 aliphatic heterocycles. The SMILES string of the molecule is C=CC(c1ccccc1)C1(c2ccccc2)CO1. The number of ether oxygens (including phenoxy) is 1. The van der Waals surface area contributed by atoms with Gasteiger partial charge in [0.15, 0.2) is 0 Å². The average molecular weight is 236 g/mol. The summed E-state index contributed by atoms with van der Waals surface area (Å²) in [6, 6.07) is 20.8. The van der Waals surface area contributed by atoms with Crippen LogP contribution in [0.25, 0.3) is 0 Å². The molecule has 1 nitrogen and oxygen atoms in total. The normalized spacial score (nSPS) is 23.3. The van der Waals surface area contributed by atoms with Gasteiger partial charge in [0.1, 0.15) is 5.60 Å². The molecule has 3 rings (SSSR count). The average Bonchev–Trinajstić information content (AvgIpc) is 3.24. The van der Waals surface area contributed by atoms with Crippen LogP contribution in [0.3, 0.4) is 0 Å². The van der Waals surface area contributed by atoms with Gasteiger partial charge in [0, 0.05) is 5.92 Å². The first-order chi connectivity index (χ1) is 8.87. The predicted octanol–water partition coefficient (Wildman–Crippen LogP) is 3.88. The topological polar surface area (TPSA) is 12.5 Å². The summed E-state index contributed by atoms with van der Waals surface area (Å²) < 4.78 is 5.82. The fourth-order valence-corrected chi connectivity index (χ4v) is 2.58. The molecule has 0 amide bonds. The highest BCUT2D eigenvalue weighted by atomic mass is 16.6. The van der Waals surface area contributed by atoms with Crippen LogP contribution in [-0.2, 0) is 10.3 Å². The Morgan fingerprint density at radius 1 is 1.00 bits per heavy atom. The van der Waals surface area contributed by atoms with Crippen molar-refractivity contribution in [1.82, 2.24) is 0 Å². The minimum Gasteiger partial charge on any atom is -0.363 e. The molecule has 0 N–H and O–H groups in total. The molecule has 2 aromatic rings. The highest BCUT2D eigenvalue weighted by Crippen LogP contribution is 2.50. The highest BCUT2D eigenvalue weighted by molar-refractivity contribution is 5.37. The summed E-state index contributed by atoms with van der Waals surface area (Å²) in [4.78, 5) is 0. The molecule has 1 fully saturated rings. The Morgan fingerprint density at radius 3 is 2.06 bits per heavy atom. The van der Waals surface area contributed by atoms with E-state index in [1.807, 2.05) is 18.2 Å². The molecule has 18 heavy (non-hydrogen) atoms. The fraction of sp³-hybridized carbons (Fsp3) is 0.176. The van der Waals surface area contributed by atoms with E-state index >= 15 is 0 Å². The zero-order chi connectivity index (χ0) is 12.4. The number of benzene rings is 2. The van der Waals surface area contributed by atoms with Gasteiger partial charge in [-0.05, 0) is 11.1 Å². The molecule has 0 radical (unpaired) electrons. The van der Waals surface area contributed by atoms with Gasteiger partial charge >= 0.3 is 0 Å². The smallest absolute Gasteiger partial charge is 0.127 e. The van der Waals surface area contributed by atoms with Crippen molar-refractivity contribution < 1.29 is 4.74 Å². The second-order valence-electron chi connectivity index (χ2n) is 4.67. The number of hydrogen-bond donors (Lipinski definition) is 0. The van der Waals surface area contributed by atoms with Gasteiger partial charge in [-0.1, -0.05) is 66.7 Å². The summed E-state index contributed by atoms with van der Waals surface area (Å²) in [5.74, 6) is 0.209. The lowest BCUT2D eigenvalue weighted by atomic mass is 9.81. The Bertz CT molecular complexity index is 526. The summed E-state index contributed by atoms with van der Waals surface area (Å²) in [5.41, 5.74) is 2.29. The molecular formula is C17H16O. The van der Waals surface area contributed by atoms with Crippen molar-refractivity contribution in [3.8, 4) is 0 Å². The van der Waals surface area contributed by atoms with Crippen molar-refractivity contribution in [3.63, 3.8) is 0 Å². The van der Waals surface area contributed by atoms with Crippen LogP contribution in [0.15, 0.2) is 73.3 Å². The quantitative estimate of drug-likeness (QED) is 0.579. The third kappa shape index (κ3) is 1.77. The van der Waals surface area contributed by atoms with Crippen LogP contribution >= 0.6 is 0 Å². The third-order valence-electron chi connectivity index (χ3n) is 3.61. The van der Waals surface area contributed by atoms with E-state index in [9.17, 15) is 0 Å². The van der Waals surface area contributed by atoms with Gasteiger partial charge in [0.2, 0.25) is 0 Å². The molecule has 2 unspecified atom stereocenters. The van der Waals surface area contributed by atoms with Crippen molar-refractivity contribution in [2.45, 2.75) is 11.5 Å². The molecule has 0 aliphatic carbocycles. The summed E-state index contributed by atoms with van der Waals surface area (Å²) >= 11 is 0. The summed E-state index contributed by atoms with van der Waals surface area (Å²) in [5, 5.41) is 0. The van der Waals surface area contributed by atoms with Gasteiger partial charge in [-0.25, -0.2) is 0 Å². The van der Waals surface area contributed by atoms with Crippen LogP contribution in [-0.4, -0.2) is 6.61 Å². The van der Waals surface area contributed by atoms with Crippen LogP contribution < -0.4 is 0 Å². The first-order valence-electron chi connectivity index (χ1n) is 6.24. The summed E-state index contributed by atoms with van der Waals surface area (Å²) in [6.07, 6.45) is 2.00. The lowest BCUT2D eigenvalue weighted by molar-refractivity contribution is 0.287. The van der Waals surface area contributed by atoms with Crippen LogP contribution in [0.4, 0.5) is 0 Å². The molecular weight excluding hydrogens is 220 g/mol. The molecule has 0 saturated carbocycles. The largest absolute Gasteiger partial charge is 0.363 e. The Hall–Kier alpha value is -1.86. The van der Waals surface area contributed by atoms with E-state index in [4.69, 9.17) is 4.74 Å². The Balaban J connectivity index is 2.01. The Morgan fingerprint density at radius 2 is 1.56 bits per heavy atom. The highest BCUT2D eigenvalue weighted by Gasteiger charge is 2.52. The first-order valence-corrected chi connectivity index (χ1v) is 6.24. The second-order valence-corrected chi connectivity index (χ2v) is 4.67. The lowest BCUT2D eigenvalue weighted by Crippen LogP contribution is -2.18. The summed E-state index contributed by atoms with van der Waals surface area (Å²) in [6.45, 7) is 4.76. The first kappa shape index (κ1) is 11.2. The molecule has 0 bridgehead atoms. The minimum atomic E-state index is -0.204. The van der Waals surface area contributed by atoms with Crippen LogP contribution in [0, 0.1) is 0 Å². The predicted molar refractivity (Wildman–Crippen MR) is 73.5 cm³/mol. The molecule has 2 aromatic carbocycles. The molecule has 1 aliphatic rings. The molecule has 1 saturated heterocycles. The van der Waals surface area contributed by atoms with Crippen LogP contribution in [0.2, 0.25) is 0 Å². The van der Waals surface area contributed by atoms with Gasteiger partial charge in [-0.3, -0.25) is 0 Å². The van der Waals surface area contributed by atoms with Crippen LogP contribution in [0.1, 0.15) is 17.0 Å². The molecule has 1 heterocycles. The van der Waals surface area contributed by atoms with E-state index in [0.717, 1.165) is 6.61 Å². The minimum absolute atomic E-state index is 0.204. The standard InChI is InChI=1S/C17H16O/c1-2-16(14-9-5-3-6-10-14)17(13-18-17)15-11-7-4-8-12-15/h2-12,16H,1,13H2. The van der Waals surface area contributed by atoms with Crippen molar-refractivity contribution in [2.75, 3.05) is 6.61 Å². The van der Waals surface area contributed by atoms with Gasteiger partial charge < -0.3 is 4.74 Å². The Kier molecular flexibility index (Phi) is 2.77. The van der Waals surface area contributed by atoms with E-state index in [0.29, 0.717) is 0 Å². The van der Waals surface area contributed by atoms with Gasteiger partial charge in [-0.2, -0.15) is 0 Å². The van der Waals surface area contributed by atoms with Gasteiger partial charge in [-0.15, -0.1) is 6.58 Å². The maximum Gasteiger partial charge on any atom is 0.127 e. The van der Waals surface area contributed by atoms with Crippen molar-refractivity contribution in [1.29, 1.82) is 0 Å². The van der Waals surface area contributed by atoms with Gasteiger partial charge in [0.05, 0.1) is 6.61 Å². The number of epoxide rings is 1. The lowest BCUT2D eigenvalue weighted by Gasteiger charge is -2.22. The van der Waals surface area contributed by atoms with E-state index in [1.165, 1.54) is 11.1 Å². The van der Waals surface area contributed by atoms with Crippen LogP contribution in [0.5, 0.6) is 0 Å². The zero-order valence-electron chi connectivity index (χ0n) is 10.3. The van der Waals surface area contributed by atoms with Crippen molar-refractivity contribution >= 4 is 0 Å². The number of rotatable bonds is 4. The molecule has 0 aromatic heterocycles. The van der Waals surface area contributed by atoms with Gasteiger partial charge in [0.25, 0.3) is 0 Å². The molecule has 2 atom stereocenters. The van der Waals surface area contributed by atoms with E-state index in [-0.39, 0.29) is 11.5 Å². The zero-order valence-corrected chi connectivity index (χ0v) is 10.3. The van der Waals surface area contributed by atoms with Crippen molar-refractivity contribution in [2.24, 2.45) is 0 Å². The molecule has 90 valence electrons. The fourth-order valence-electron chi connectivity index (χ4n) is 2.58. The maximum atomic E-state index is 5.82. The van der Waals surface area contributed by atoms with Crippen molar-refractivity contribution in [3.05, 3.63) is 84.4 Å². The molecule has 0 spiro atoms.